The van der Waals surface area contributed by atoms with Crippen LogP contribution in [0.4, 0.5) is 4.39 Å². The van der Waals surface area contributed by atoms with Gasteiger partial charge in [0.1, 0.15) is 11.9 Å². The Morgan fingerprint density at radius 3 is 2.88 bits per heavy atom. The van der Waals surface area contributed by atoms with Crippen LogP contribution in [0.2, 0.25) is 0 Å². The normalized spacial score (nSPS) is 27.6. The van der Waals surface area contributed by atoms with Gasteiger partial charge in [0.2, 0.25) is 0 Å². The van der Waals surface area contributed by atoms with Gasteiger partial charge in [-0.1, -0.05) is 20.3 Å². The van der Waals surface area contributed by atoms with E-state index in [4.69, 9.17) is 10.8 Å². The van der Waals surface area contributed by atoms with Crippen LogP contribution in [0.5, 0.6) is 0 Å². The van der Waals surface area contributed by atoms with Crippen molar-refractivity contribution in [3.63, 3.8) is 0 Å². The summed E-state index contributed by atoms with van der Waals surface area (Å²) in [6.07, 6.45) is 1.19. The van der Waals surface area contributed by atoms with Crippen LogP contribution in [0.15, 0.2) is 11.4 Å². The fourth-order valence-electron chi connectivity index (χ4n) is 1.83. The lowest BCUT2D eigenvalue weighted by Gasteiger charge is -2.19. The van der Waals surface area contributed by atoms with Crippen molar-refractivity contribution in [1.29, 1.82) is 0 Å². The molecule has 0 bridgehead atoms. The average molecular weight is 230 g/mol. The summed E-state index contributed by atoms with van der Waals surface area (Å²) in [6, 6.07) is -1.60. The van der Waals surface area contributed by atoms with Crippen molar-refractivity contribution < 1.29 is 14.3 Å². The number of rotatable bonds is 4. The third-order valence-corrected chi connectivity index (χ3v) is 3.19. The number of carboxylic acids is 1. The van der Waals surface area contributed by atoms with Gasteiger partial charge >= 0.3 is 5.97 Å². The number of hydrogen-bond acceptors (Lipinski definition) is 3. The maximum Gasteiger partial charge on any atom is 0.325 e. The third kappa shape index (κ3) is 2.59. The molecule has 1 heterocycles. The summed E-state index contributed by atoms with van der Waals surface area (Å²) < 4.78 is 14.0. The summed E-state index contributed by atoms with van der Waals surface area (Å²) in [4.78, 5) is 10.9. The molecule has 0 aromatic carbocycles. The molecule has 0 aromatic heterocycles. The standard InChI is InChI=1S/C11H19FN2O2/c1-3-6(2)9(13)8(12)7-4-5-14-10(7)11(15)16/h6,9-10,14H,3-5,13H2,1-2H3,(H,15,16). The molecule has 1 saturated heterocycles. The van der Waals surface area contributed by atoms with E-state index in [0.29, 0.717) is 18.5 Å². The van der Waals surface area contributed by atoms with Crippen LogP contribution < -0.4 is 11.1 Å². The fourth-order valence-corrected chi connectivity index (χ4v) is 1.83. The minimum Gasteiger partial charge on any atom is -0.480 e. The molecule has 1 aliphatic rings. The van der Waals surface area contributed by atoms with Gasteiger partial charge in [0.15, 0.2) is 0 Å². The minimum absolute atomic E-state index is 0.0162. The molecular formula is C11H19FN2O2. The lowest BCUT2D eigenvalue weighted by atomic mass is 9.94. The molecule has 0 spiro atoms. The quantitative estimate of drug-likeness (QED) is 0.674. The topological polar surface area (TPSA) is 75.3 Å². The maximum atomic E-state index is 14.0. The zero-order valence-electron chi connectivity index (χ0n) is 9.66. The average Bonchev–Trinajstić information content (AvgIpc) is 2.74. The highest BCUT2D eigenvalue weighted by molar-refractivity contribution is 5.78. The molecule has 1 rings (SSSR count). The molecule has 4 nitrogen and oxygen atoms in total. The second-order valence-corrected chi connectivity index (χ2v) is 4.26. The lowest BCUT2D eigenvalue weighted by molar-refractivity contribution is -0.138. The summed E-state index contributed by atoms with van der Waals surface area (Å²) in [5.41, 5.74) is 6.07. The molecule has 0 aromatic rings. The molecule has 16 heavy (non-hydrogen) atoms. The molecule has 0 amide bonds. The number of carbonyl (C=O) groups is 1. The number of aliphatic carboxylic acids is 1. The smallest absolute Gasteiger partial charge is 0.325 e. The predicted molar refractivity (Wildman–Crippen MR) is 59.6 cm³/mol. The monoisotopic (exact) mass is 230 g/mol. The van der Waals surface area contributed by atoms with Crippen LogP contribution in [0, 0.1) is 5.92 Å². The van der Waals surface area contributed by atoms with Gasteiger partial charge in [0, 0.05) is 6.54 Å². The van der Waals surface area contributed by atoms with Crippen LogP contribution in [0.1, 0.15) is 26.7 Å². The van der Waals surface area contributed by atoms with Crippen molar-refractivity contribution in [1.82, 2.24) is 5.32 Å². The van der Waals surface area contributed by atoms with Crippen molar-refractivity contribution in [2.45, 2.75) is 38.8 Å². The summed E-state index contributed by atoms with van der Waals surface area (Å²) in [5, 5.41) is 11.7. The number of nitrogens with one attached hydrogen (secondary N) is 1. The Bertz CT molecular complexity index is 304. The minimum atomic E-state index is -1.04. The molecule has 1 aliphatic heterocycles. The molecule has 0 radical (unpaired) electrons. The van der Waals surface area contributed by atoms with E-state index in [9.17, 15) is 9.18 Å². The highest BCUT2D eigenvalue weighted by atomic mass is 19.1. The summed E-state index contributed by atoms with van der Waals surface area (Å²) in [5.74, 6) is -1.48. The van der Waals surface area contributed by atoms with Gasteiger partial charge in [-0.15, -0.1) is 0 Å². The molecule has 3 atom stereocenters. The highest BCUT2D eigenvalue weighted by Gasteiger charge is 2.32. The van der Waals surface area contributed by atoms with Crippen LogP contribution in [0.25, 0.3) is 0 Å². The van der Waals surface area contributed by atoms with Crippen LogP contribution in [-0.2, 0) is 4.79 Å². The van der Waals surface area contributed by atoms with Crippen LogP contribution in [0.3, 0.4) is 0 Å². The van der Waals surface area contributed by atoms with Crippen LogP contribution in [-0.4, -0.2) is 29.7 Å². The Morgan fingerprint density at radius 1 is 1.75 bits per heavy atom. The van der Waals surface area contributed by atoms with Gasteiger partial charge in [0.25, 0.3) is 0 Å². The lowest BCUT2D eigenvalue weighted by Crippen LogP contribution is -2.35. The second kappa shape index (κ2) is 5.41. The van der Waals surface area contributed by atoms with Crippen LogP contribution >= 0.6 is 0 Å². The van der Waals surface area contributed by atoms with Gasteiger partial charge in [0.05, 0.1) is 6.04 Å². The van der Waals surface area contributed by atoms with Crippen molar-refractivity contribution in [2.24, 2.45) is 11.7 Å². The molecule has 5 heteroatoms. The first kappa shape index (κ1) is 13.1. The van der Waals surface area contributed by atoms with Gasteiger partial charge in [-0.2, -0.15) is 0 Å². The molecule has 3 unspecified atom stereocenters. The highest BCUT2D eigenvalue weighted by Crippen LogP contribution is 2.25. The van der Waals surface area contributed by atoms with Crippen molar-refractivity contribution in [3.8, 4) is 0 Å². The van der Waals surface area contributed by atoms with E-state index in [0.717, 1.165) is 6.42 Å². The molecule has 4 N–H and O–H groups in total. The maximum absolute atomic E-state index is 14.0. The fraction of sp³-hybridized carbons (Fsp3) is 0.727. The summed E-state index contributed by atoms with van der Waals surface area (Å²) in [6.45, 7) is 4.29. The van der Waals surface area contributed by atoms with E-state index < -0.39 is 23.9 Å². The largest absolute Gasteiger partial charge is 0.480 e. The third-order valence-electron chi connectivity index (χ3n) is 3.19. The SMILES string of the molecule is CCC(C)C(N)C(F)=C1CCNC1C(=O)O. The number of nitrogens with two attached hydrogens (primary N) is 1. The Hall–Kier alpha value is -0.940. The molecule has 92 valence electrons. The summed E-state index contributed by atoms with van der Waals surface area (Å²) >= 11 is 0. The molecule has 0 saturated carbocycles. The second-order valence-electron chi connectivity index (χ2n) is 4.26. The number of halogens is 1. The first-order chi connectivity index (χ1) is 7.49. The Balaban J connectivity index is 2.90. The van der Waals surface area contributed by atoms with Crippen molar-refractivity contribution in [2.75, 3.05) is 6.54 Å². The molecule has 1 fully saturated rings. The molecule has 0 aliphatic carbocycles. The van der Waals surface area contributed by atoms with Crippen molar-refractivity contribution >= 4 is 5.97 Å². The predicted octanol–water partition coefficient (Wildman–Crippen LogP) is 1.03. The first-order valence-corrected chi connectivity index (χ1v) is 5.59. The van der Waals surface area contributed by atoms with Gasteiger partial charge in [-0.25, -0.2) is 4.39 Å². The molecular weight excluding hydrogens is 211 g/mol. The first-order valence-electron chi connectivity index (χ1n) is 5.59. The zero-order chi connectivity index (χ0) is 12.3. The van der Waals surface area contributed by atoms with E-state index in [1.54, 1.807) is 0 Å². The Morgan fingerprint density at radius 2 is 2.38 bits per heavy atom. The van der Waals surface area contributed by atoms with Gasteiger partial charge in [-0.3, -0.25) is 4.79 Å². The number of carboxylic acid groups (broad SMARTS) is 1. The van der Waals surface area contributed by atoms with Gasteiger partial charge in [-0.05, 0) is 17.9 Å². The van der Waals surface area contributed by atoms with E-state index in [-0.39, 0.29) is 5.92 Å². The van der Waals surface area contributed by atoms with E-state index in [1.165, 1.54) is 0 Å². The van der Waals surface area contributed by atoms with E-state index >= 15 is 0 Å². The van der Waals surface area contributed by atoms with Gasteiger partial charge < -0.3 is 16.2 Å². The Kier molecular flexibility index (Phi) is 4.44. The van der Waals surface area contributed by atoms with E-state index in [1.807, 2.05) is 13.8 Å². The summed E-state index contributed by atoms with van der Waals surface area (Å²) in [7, 11) is 0. The van der Waals surface area contributed by atoms with Crippen molar-refractivity contribution in [3.05, 3.63) is 11.4 Å². The van der Waals surface area contributed by atoms with E-state index in [2.05, 4.69) is 5.32 Å². The Labute approximate surface area is 94.7 Å². The number of hydrogen-bond donors (Lipinski definition) is 3. The zero-order valence-corrected chi connectivity index (χ0v) is 9.66.